The van der Waals surface area contributed by atoms with Gasteiger partial charge in [-0.2, -0.15) is 0 Å². The molecule has 3 aromatic rings. The summed E-state index contributed by atoms with van der Waals surface area (Å²) in [5, 5.41) is 11.9. The number of nitrogens with zero attached hydrogens (tertiary/aromatic N) is 2. The summed E-state index contributed by atoms with van der Waals surface area (Å²) < 4.78 is 12.0. The number of ether oxygens (including phenoxy) is 2. The molecule has 0 radical (unpaired) electrons. The van der Waals surface area contributed by atoms with Crippen LogP contribution >= 0.6 is 11.6 Å². The minimum absolute atomic E-state index is 0.0422. The highest BCUT2D eigenvalue weighted by Crippen LogP contribution is 2.42. The van der Waals surface area contributed by atoms with Crippen LogP contribution in [0.1, 0.15) is 49.9 Å². The Labute approximate surface area is 246 Å². The minimum atomic E-state index is -0.787. The van der Waals surface area contributed by atoms with Gasteiger partial charge in [-0.1, -0.05) is 61.8 Å². The molecule has 1 saturated heterocycles. The highest BCUT2D eigenvalue weighted by molar-refractivity contribution is 6.46. The predicted octanol–water partition coefficient (Wildman–Crippen LogP) is 6.47. The lowest BCUT2D eigenvalue weighted by Gasteiger charge is -2.27. The van der Waals surface area contributed by atoms with Gasteiger partial charge in [0.25, 0.3) is 11.7 Å². The molecule has 1 fully saturated rings. The molecule has 216 valence electrons. The SMILES string of the molecule is CCOc1cc(C2C(=C(O)c3ccc(Cl)cc3)C(=O)C(=O)N2CCCN(CC)CC)ccc1OCc1ccccc1. The summed E-state index contributed by atoms with van der Waals surface area (Å²) in [6.07, 6.45) is 0.683. The van der Waals surface area contributed by atoms with Crippen LogP contribution in [-0.2, 0) is 16.2 Å². The van der Waals surface area contributed by atoms with E-state index in [0.29, 0.717) is 53.8 Å². The fourth-order valence-corrected chi connectivity index (χ4v) is 5.17. The van der Waals surface area contributed by atoms with Crippen molar-refractivity contribution in [3.8, 4) is 11.5 Å². The van der Waals surface area contributed by atoms with Gasteiger partial charge in [-0.15, -0.1) is 0 Å². The van der Waals surface area contributed by atoms with Gasteiger partial charge in [-0.05, 0) is 80.5 Å². The molecule has 41 heavy (non-hydrogen) atoms. The summed E-state index contributed by atoms with van der Waals surface area (Å²) >= 11 is 6.05. The van der Waals surface area contributed by atoms with E-state index in [2.05, 4.69) is 18.7 Å². The third-order valence-electron chi connectivity index (χ3n) is 7.25. The van der Waals surface area contributed by atoms with Crippen LogP contribution in [-0.4, -0.2) is 59.4 Å². The number of rotatable bonds is 13. The minimum Gasteiger partial charge on any atom is -0.507 e. The molecule has 0 bridgehead atoms. The number of hydrogen-bond acceptors (Lipinski definition) is 6. The van der Waals surface area contributed by atoms with E-state index >= 15 is 0 Å². The van der Waals surface area contributed by atoms with Crippen LogP contribution in [0.2, 0.25) is 5.02 Å². The van der Waals surface area contributed by atoms with Gasteiger partial charge in [0.1, 0.15) is 12.4 Å². The molecule has 0 spiro atoms. The second kappa shape index (κ2) is 14.2. The number of halogens is 1. The van der Waals surface area contributed by atoms with E-state index in [9.17, 15) is 14.7 Å². The molecule has 0 aromatic heterocycles. The maximum absolute atomic E-state index is 13.4. The van der Waals surface area contributed by atoms with Gasteiger partial charge in [0.05, 0.1) is 18.2 Å². The molecule has 1 unspecified atom stereocenters. The lowest BCUT2D eigenvalue weighted by Crippen LogP contribution is -2.33. The normalized spacial score (nSPS) is 16.4. The summed E-state index contributed by atoms with van der Waals surface area (Å²) in [7, 11) is 0. The Morgan fingerprint density at radius 3 is 2.29 bits per heavy atom. The van der Waals surface area contributed by atoms with Crippen LogP contribution in [0.5, 0.6) is 11.5 Å². The van der Waals surface area contributed by atoms with Crippen molar-refractivity contribution >= 4 is 29.1 Å². The molecule has 1 atom stereocenters. The van der Waals surface area contributed by atoms with Crippen LogP contribution in [0.3, 0.4) is 0 Å². The summed E-state index contributed by atoms with van der Waals surface area (Å²) in [6.45, 7) is 9.79. The molecule has 1 aliphatic heterocycles. The topological polar surface area (TPSA) is 79.3 Å². The van der Waals surface area contributed by atoms with Gasteiger partial charge < -0.3 is 24.4 Å². The van der Waals surface area contributed by atoms with Crippen molar-refractivity contribution in [1.82, 2.24) is 9.80 Å². The smallest absolute Gasteiger partial charge is 0.295 e. The van der Waals surface area contributed by atoms with E-state index in [1.165, 1.54) is 0 Å². The second-order valence-electron chi connectivity index (χ2n) is 9.79. The molecule has 4 rings (SSSR count). The zero-order valence-electron chi connectivity index (χ0n) is 23.8. The zero-order valence-corrected chi connectivity index (χ0v) is 24.6. The molecule has 1 heterocycles. The summed E-state index contributed by atoms with van der Waals surface area (Å²) in [5.74, 6) is -0.532. The van der Waals surface area contributed by atoms with Gasteiger partial charge in [-0.3, -0.25) is 9.59 Å². The van der Waals surface area contributed by atoms with Crippen molar-refractivity contribution < 1.29 is 24.2 Å². The molecule has 8 heteroatoms. The monoisotopic (exact) mass is 576 g/mol. The van der Waals surface area contributed by atoms with E-state index < -0.39 is 17.7 Å². The molecule has 1 N–H and O–H groups in total. The van der Waals surface area contributed by atoms with Crippen LogP contribution in [0.15, 0.2) is 78.4 Å². The Morgan fingerprint density at radius 1 is 0.927 bits per heavy atom. The van der Waals surface area contributed by atoms with Crippen molar-refractivity contribution in [3.63, 3.8) is 0 Å². The van der Waals surface area contributed by atoms with E-state index in [1.807, 2.05) is 43.3 Å². The molecular weight excluding hydrogens is 540 g/mol. The quantitative estimate of drug-likeness (QED) is 0.143. The summed E-state index contributed by atoms with van der Waals surface area (Å²) in [5.41, 5.74) is 2.12. The fraction of sp³-hybridized carbons (Fsp3) is 0.333. The van der Waals surface area contributed by atoms with Crippen LogP contribution in [0.25, 0.3) is 5.76 Å². The number of Topliss-reactive ketones (excluding diaryl/α,β-unsaturated/α-hetero) is 1. The number of carbonyl (C=O) groups is 2. The van der Waals surface area contributed by atoms with Crippen molar-refractivity contribution in [2.75, 3.05) is 32.8 Å². The predicted molar refractivity (Wildman–Crippen MR) is 161 cm³/mol. The lowest BCUT2D eigenvalue weighted by molar-refractivity contribution is -0.140. The number of amides is 1. The van der Waals surface area contributed by atoms with Crippen molar-refractivity contribution in [2.24, 2.45) is 0 Å². The molecule has 7 nitrogen and oxygen atoms in total. The first-order chi connectivity index (χ1) is 19.9. The van der Waals surface area contributed by atoms with E-state index in [0.717, 1.165) is 25.2 Å². The van der Waals surface area contributed by atoms with Crippen molar-refractivity contribution in [2.45, 2.75) is 39.8 Å². The summed E-state index contributed by atoms with van der Waals surface area (Å²) in [6, 6.07) is 21.0. The zero-order chi connectivity index (χ0) is 29.4. The number of carbonyl (C=O) groups excluding carboxylic acids is 2. The van der Waals surface area contributed by atoms with Gasteiger partial charge in [0.2, 0.25) is 0 Å². The Kier molecular flexibility index (Phi) is 10.4. The average molecular weight is 577 g/mol. The third kappa shape index (κ3) is 7.10. The third-order valence-corrected chi connectivity index (χ3v) is 7.50. The maximum atomic E-state index is 13.4. The number of ketones is 1. The standard InChI is InChI=1S/C33H37ClN2O5/c1-4-35(5-2)19-10-20-36-30(29(32(38)33(36)39)31(37)24-13-16-26(34)17-14-24)25-15-18-27(28(21-25)40-6-3)41-22-23-11-8-7-9-12-23/h7-9,11-18,21,30,37H,4-6,10,19-20,22H2,1-3H3. The molecule has 0 aliphatic carbocycles. The number of aliphatic hydroxyl groups is 1. The van der Waals surface area contributed by atoms with Gasteiger partial charge in [0, 0.05) is 17.1 Å². The average Bonchev–Trinajstić information content (AvgIpc) is 3.24. The van der Waals surface area contributed by atoms with Gasteiger partial charge in [-0.25, -0.2) is 0 Å². The first kappa shape index (κ1) is 30.2. The number of likely N-dealkylation sites (tertiary alicyclic amines) is 1. The van der Waals surface area contributed by atoms with E-state index in [4.69, 9.17) is 21.1 Å². The maximum Gasteiger partial charge on any atom is 0.295 e. The number of hydrogen-bond donors (Lipinski definition) is 1. The second-order valence-corrected chi connectivity index (χ2v) is 10.2. The van der Waals surface area contributed by atoms with E-state index in [-0.39, 0.29) is 11.3 Å². The fourth-order valence-electron chi connectivity index (χ4n) is 5.04. The van der Waals surface area contributed by atoms with Gasteiger partial charge >= 0.3 is 0 Å². The van der Waals surface area contributed by atoms with Crippen molar-refractivity contribution in [1.29, 1.82) is 0 Å². The summed E-state index contributed by atoms with van der Waals surface area (Å²) in [4.78, 5) is 30.6. The Morgan fingerprint density at radius 2 is 1.63 bits per heavy atom. The molecule has 1 aliphatic rings. The number of benzene rings is 3. The highest BCUT2D eigenvalue weighted by atomic mass is 35.5. The van der Waals surface area contributed by atoms with Crippen molar-refractivity contribution in [3.05, 3.63) is 100 Å². The first-order valence-electron chi connectivity index (χ1n) is 14.1. The van der Waals surface area contributed by atoms with Crippen LogP contribution in [0, 0.1) is 0 Å². The molecule has 1 amide bonds. The van der Waals surface area contributed by atoms with E-state index in [1.54, 1.807) is 41.3 Å². The Hall–Kier alpha value is -3.81. The molecule has 3 aromatic carbocycles. The Balaban J connectivity index is 1.73. The van der Waals surface area contributed by atoms with Crippen LogP contribution < -0.4 is 9.47 Å². The molecular formula is C33H37ClN2O5. The van der Waals surface area contributed by atoms with Gasteiger partial charge in [0.15, 0.2) is 11.5 Å². The largest absolute Gasteiger partial charge is 0.507 e. The first-order valence-corrected chi connectivity index (χ1v) is 14.5. The highest BCUT2D eigenvalue weighted by Gasteiger charge is 2.46. The molecule has 0 saturated carbocycles. The lowest BCUT2D eigenvalue weighted by atomic mass is 9.95. The Bertz CT molecular complexity index is 1370. The van der Waals surface area contributed by atoms with Crippen LogP contribution in [0.4, 0.5) is 0 Å². The number of aliphatic hydroxyl groups excluding tert-OH is 1.